The highest BCUT2D eigenvalue weighted by molar-refractivity contribution is 7.87. The predicted molar refractivity (Wildman–Crippen MR) is 175 cm³/mol. The predicted octanol–water partition coefficient (Wildman–Crippen LogP) is 3.11. The quantitative estimate of drug-likeness (QED) is 0.371. The minimum Gasteiger partial charge on any atom is -0.497 e. The third kappa shape index (κ3) is 5.38. The van der Waals surface area contributed by atoms with Gasteiger partial charge in [0.05, 0.1) is 24.4 Å². The maximum atomic E-state index is 13.5. The number of benzene rings is 2. The van der Waals surface area contributed by atoms with E-state index in [-0.39, 0.29) is 17.6 Å². The molecule has 3 amide bonds. The Labute approximate surface area is 274 Å². The highest BCUT2D eigenvalue weighted by Gasteiger charge is 2.59. The molecule has 2 atom stereocenters. The first kappa shape index (κ1) is 31.6. The van der Waals surface area contributed by atoms with Crippen LogP contribution in [-0.2, 0) is 31.1 Å². The molecule has 2 saturated carbocycles. The topological polar surface area (TPSA) is 139 Å². The number of carbonyl (C=O) groups excluding carboxylic acids is 3. The molecular formula is C34H41N5O7S. The van der Waals surface area contributed by atoms with Crippen molar-refractivity contribution in [2.75, 3.05) is 41.4 Å². The third-order valence-electron chi connectivity index (χ3n) is 10.5. The molecule has 12 nitrogen and oxygen atoms in total. The van der Waals surface area contributed by atoms with Crippen LogP contribution < -0.4 is 14.8 Å². The van der Waals surface area contributed by atoms with Crippen molar-refractivity contribution in [3.63, 3.8) is 0 Å². The number of rotatable bonds is 7. The van der Waals surface area contributed by atoms with Gasteiger partial charge in [-0.2, -0.15) is 12.7 Å². The summed E-state index contributed by atoms with van der Waals surface area (Å²) in [7, 11) is 1.94. The van der Waals surface area contributed by atoms with Gasteiger partial charge in [0.15, 0.2) is 0 Å². The van der Waals surface area contributed by atoms with Crippen LogP contribution in [0.2, 0.25) is 0 Å². The fourth-order valence-electron chi connectivity index (χ4n) is 7.74. The van der Waals surface area contributed by atoms with Crippen LogP contribution >= 0.6 is 0 Å². The lowest BCUT2D eigenvalue weighted by molar-refractivity contribution is -0.154. The molecule has 4 aliphatic rings. The zero-order valence-electron chi connectivity index (χ0n) is 27.2. The average molecular weight is 664 g/mol. The Morgan fingerprint density at radius 3 is 2.43 bits per heavy atom. The first-order valence-corrected chi connectivity index (χ1v) is 17.6. The van der Waals surface area contributed by atoms with Crippen LogP contribution in [0.25, 0.3) is 22.2 Å². The Morgan fingerprint density at radius 2 is 1.74 bits per heavy atom. The summed E-state index contributed by atoms with van der Waals surface area (Å²) in [6, 6.07) is 11.4. The molecule has 2 aliphatic heterocycles. The molecule has 250 valence electrons. The van der Waals surface area contributed by atoms with E-state index in [1.807, 2.05) is 18.2 Å². The van der Waals surface area contributed by atoms with Crippen molar-refractivity contribution in [2.45, 2.75) is 68.5 Å². The van der Waals surface area contributed by atoms with E-state index >= 15 is 0 Å². The van der Waals surface area contributed by atoms with Crippen molar-refractivity contribution in [2.24, 2.45) is 0 Å². The molecule has 2 aliphatic carbocycles. The number of nitrogens with zero attached hydrogens (tertiary/aromatic N) is 3. The smallest absolute Gasteiger partial charge is 0.312 e. The number of likely N-dealkylation sites (tertiary alicyclic amines) is 1. The van der Waals surface area contributed by atoms with Gasteiger partial charge in [-0.25, -0.2) is 4.72 Å². The van der Waals surface area contributed by atoms with E-state index in [0.29, 0.717) is 37.7 Å². The third-order valence-corrected chi connectivity index (χ3v) is 11.9. The summed E-state index contributed by atoms with van der Waals surface area (Å²) in [5.41, 5.74) is 4.60. The van der Waals surface area contributed by atoms with Crippen molar-refractivity contribution in [3.05, 3.63) is 53.1 Å². The van der Waals surface area contributed by atoms with Gasteiger partial charge in [-0.1, -0.05) is 25.3 Å². The maximum absolute atomic E-state index is 13.5. The maximum Gasteiger partial charge on any atom is 0.312 e. The molecule has 3 heterocycles. The Bertz CT molecular complexity index is 1890. The van der Waals surface area contributed by atoms with Crippen molar-refractivity contribution in [1.29, 1.82) is 0 Å². The van der Waals surface area contributed by atoms with Crippen LogP contribution in [0.1, 0.15) is 71.8 Å². The van der Waals surface area contributed by atoms with Gasteiger partial charge in [0.1, 0.15) is 5.75 Å². The number of aromatic nitrogens is 1. The molecule has 1 aromatic heterocycles. The lowest BCUT2D eigenvalue weighted by Crippen LogP contribution is -2.59. The van der Waals surface area contributed by atoms with E-state index in [0.717, 1.165) is 57.7 Å². The zero-order chi connectivity index (χ0) is 33.2. The molecule has 2 unspecified atom stereocenters. The van der Waals surface area contributed by atoms with Crippen molar-refractivity contribution < 1.29 is 32.3 Å². The Kier molecular flexibility index (Phi) is 7.84. The van der Waals surface area contributed by atoms with Gasteiger partial charge in [-0.15, -0.1) is 0 Å². The number of fused-ring (bicyclic) bond motifs is 7. The number of hydrogen-bond acceptors (Lipinski definition) is 7. The summed E-state index contributed by atoms with van der Waals surface area (Å²) in [6.45, 7) is 1.14. The van der Waals surface area contributed by atoms with Crippen LogP contribution in [-0.4, -0.2) is 93.0 Å². The average Bonchev–Trinajstić information content (AvgIpc) is 3.67. The highest BCUT2D eigenvalue weighted by Crippen LogP contribution is 2.60. The van der Waals surface area contributed by atoms with Gasteiger partial charge < -0.3 is 24.3 Å². The number of nitrogens with one attached hydrogen (secondary N) is 2. The molecular weight excluding hydrogens is 622 g/mol. The summed E-state index contributed by atoms with van der Waals surface area (Å²) in [4.78, 5) is 41.4. The molecule has 1 saturated heterocycles. The van der Waals surface area contributed by atoms with Crippen LogP contribution in [0.5, 0.6) is 5.75 Å². The molecule has 7 rings (SSSR count). The molecule has 0 spiro atoms. The second-order valence-electron chi connectivity index (χ2n) is 13.5. The van der Waals surface area contributed by atoms with E-state index in [4.69, 9.17) is 9.47 Å². The first-order valence-electron chi connectivity index (χ1n) is 16.2. The summed E-state index contributed by atoms with van der Waals surface area (Å²) < 4.78 is 41.3. The van der Waals surface area contributed by atoms with E-state index in [1.54, 1.807) is 26.4 Å². The first-order chi connectivity index (χ1) is 22.5. The SMILES string of the molecule is COc1ccc2c(c1)C1CC1(NC(=O)C(=O)N1CC(OC)C1)Cn1c-2c(C2CCCCC2)c2ccc(C(=O)NS(=O)(=O)N(C)C)cc21. The number of methoxy groups -OCH3 is 2. The van der Waals surface area contributed by atoms with E-state index < -0.39 is 33.5 Å². The Morgan fingerprint density at radius 1 is 1.00 bits per heavy atom. The lowest BCUT2D eigenvalue weighted by atomic mass is 9.81. The van der Waals surface area contributed by atoms with Crippen molar-refractivity contribution >= 4 is 38.8 Å². The van der Waals surface area contributed by atoms with Crippen molar-refractivity contribution in [1.82, 2.24) is 23.8 Å². The van der Waals surface area contributed by atoms with Crippen molar-refractivity contribution in [3.8, 4) is 17.0 Å². The fraction of sp³-hybridized carbons (Fsp3) is 0.500. The Hall–Kier alpha value is -3.94. The van der Waals surface area contributed by atoms with Gasteiger partial charge in [0.2, 0.25) is 0 Å². The largest absolute Gasteiger partial charge is 0.497 e. The van der Waals surface area contributed by atoms with Gasteiger partial charge in [0, 0.05) is 68.8 Å². The highest BCUT2D eigenvalue weighted by atomic mass is 32.2. The fourth-order valence-corrected chi connectivity index (χ4v) is 8.27. The lowest BCUT2D eigenvalue weighted by Gasteiger charge is -2.37. The van der Waals surface area contributed by atoms with Gasteiger partial charge >= 0.3 is 22.0 Å². The molecule has 0 bridgehead atoms. The molecule has 13 heteroatoms. The Balaban J connectivity index is 1.37. The zero-order valence-corrected chi connectivity index (χ0v) is 28.0. The number of carbonyl (C=O) groups is 3. The number of ether oxygens (including phenoxy) is 2. The van der Waals surface area contributed by atoms with E-state index in [9.17, 15) is 22.8 Å². The standard InChI is InChI=1S/C34H41N5O7S/c1-37(2)47(43,44)36-31(40)21-10-12-25-28(14-21)39-19-34(35-32(41)33(42)38-17-23(18-38)46-4)16-27(34)26-15-22(45-3)11-13-24(26)30(39)29(25)20-8-6-5-7-9-20/h10-15,20,23,27H,5-9,16-19H2,1-4H3,(H,35,41)(H,36,40). The summed E-state index contributed by atoms with van der Waals surface area (Å²) in [5.74, 6) is -0.993. The minimum atomic E-state index is -4.00. The van der Waals surface area contributed by atoms with Gasteiger partial charge in [0.25, 0.3) is 5.91 Å². The second-order valence-corrected chi connectivity index (χ2v) is 15.4. The van der Waals surface area contributed by atoms with Crippen LogP contribution in [0.3, 0.4) is 0 Å². The van der Waals surface area contributed by atoms with Crippen LogP contribution in [0.4, 0.5) is 0 Å². The molecule has 2 N–H and O–H groups in total. The monoisotopic (exact) mass is 663 g/mol. The molecule has 3 fully saturated rings. The van der Waals surface area contributed by atoms with Crippen LogP contribution in [0.15, 0.2) is 36.4 Å². The number of amides is 3. The summed E-state index contributed by atoms with van der Waals surface area (Å²) in [6.07, 6.45) is 6.09. The van der Waals surface area contributed by atoms with Gasteiger partial charge in [-0.3, -0.25) is 14.4 Å². The molecule has 47 heavy (non-hydrogen) atoms. The molecule has 2 aromatic carbocycles. The van der Waals surface area contributed by atoms with Crippen LogP contribution in [0, 0.1) is 0 Å². The van der Waals surface area contributed by atoms with E-state index in [2.05, 4.69) is 20.7 Å². The van der Waals surface area contributed by atoms with Gasteiger partial charge in [-0.05, 0) is 66.6 Å². The summed E-state index contributed by atoms with van der Waals surface area (Å²) in [5, 5.41) is 4.15. The number of hydrogen-bond donors (Lipinski definition) is 2. The molecule has 0 radical (unpaired) electrons. The molecule has 3 aromatic rings. The minimum absolute atomic E-state index is 0.0571. The summed E-state index contributed by atoms with van der Waals surface area (Å²) >= 11 is 0. The van der Waals surface area contributed by atoms with E-state index in [1.165, 1.54) is 31.0 Å². The second kappa shape index (κ2) is 11.6. The normalized spacial score (nSPS) is 22.5.